The molecule has 72 valence electrons. The largest absolute Gasteiger partial charge is 0.497 e. The van der Waals surface area contributed by atoms with E-state index in [4.69, 9.17) is 4.74 Å². The van der Waals surface area contributed by atoms with Crippen LogP contribution in [0.4, 0.5) is 4.39 Å². The van der Waals surface area contributed by atoms with E-state index in [1.807, 2.05) is 30.3 Å². The molecule has 2 rings (SSSR count). The molecule has 0 aromatic heterocycles. The van der Waals surface area contributed by atoms with Crippen LogP contribution >= 0.6 is 0 Å². The van der Waals surface area contributed by atoms with Crippen LogP contribution in [0.5, 0.6) is 5.75 Å². The van der Waals surface area contributed by atoms with Crippen molar-refractivity contribution >= 4 is 10.8 Å². The highest BCUT2D eigenvalue weighted by Gasteiger charge is 1.97. The van der Waals surface area contributed by atoms with Gasteiger partial charge in [0.2, 0.25) is 0 Å². The second kappa shape index (κ2) is 3.66. The summed E-state index contributed by atoms with van der Waals surface area (Å²) in [5.74, 6) is 0.825. The molecule has 14 heavy (non-hydrogen) atoms. The minimum absolute atomic E-state index is 0.415. The third-order valence-electron chi connectivity index (χ3n) is 2.27. The highest BCUT2D eigenvalue weighted by molar-refractivity contribution is 5.84. The van der Waals surface area contributed by atoms with E-state index in [-0.39, 0.29) is 0 Å². The third kappa shape index (κ3) is 1.55. The Labute approximate surface area is 82.1 Å². The molecule has 2 aromatic carbocycles. The van der Waals surface area contributed by atoms with Gasteiger partial charge >= 0.3 is 0 Å². The zero-order valence-corrected chi connectivity index (χ0v) is 7.96. The second-order valence-corrected chi connectivity index (χ2v) is 3.18. The predicted molar refractivity (Wildman–Crippen MR) is 55.3 cm³/mol. The molecule has 2 heteroatoms. The number of fused-ring (bicyclic) bond motifs is 1. The monoisotopic (exact) mass is 190 g/mol. The Morgan fingerprint density at radius 1 is 1.07 bits per heavy atom. The number of benzene rings is 2. The first-order valence-electron chi connectivity index (χ1n) is 4.46. The lowest BCUT2D eigenvalue weighted by molar-refractivity contribution is 0.415. The van der Waals surface area contributed by atoms with Gasteiger partial charge in [0.05, 0.1) is 7.11 Å². The fourth-order valence-electron chi connectivity index (χ4n) is 1.48. The van der Waals surface area contributed by atoms with Gasteiger partial charge in [-0.3, -0.25) is 0 Å². The number of hydrogen-bond donors (Lipinski definition) is 0. The Hall–Kier alpha value is -1.57. The minimum atomic E-state index is -0.415. The zero-order chi connectivity index (χ0) is 9.97. The van der Waals surface area contributed by atoms with Crippen molar-refractivity contribution in [3.8, 4) is 5.75 Å². The van der Waals surface area contributed by atoms with E-state index in [1.54, 1.807) is 13.2 Å². The van der Waals surface area contributed by atoms with Gasteiger partial charge in [-0.05, 0) is 34.5 Å². The van der Waals surface area contributed by atoms with Gasteiger partial charge in [0.15, 0.2) is 0 Å². The molecule has 0 saturated heterocycles. The summed E-state index contributed by atoms with van der Waals surface area (Å²) in [5.41, 5.74) is 0.711. The summed E-state index contributed by atoms with van der Waals surface area (Å²) in [6.45, 7) is -0.415. The summed E-state index contributed by atoms with van der Waals surface area (Å²) in [7, 11) is 1.64. The lowest BCUT2D eigenvalue weighted by Crippen LogP contribution is -1.83. The van der Waals surface area contributed by atoms with Crippen molar-refractivity contribution in [1.29, 1.82) is 0 Å². The van der Waals surface area contributed by atoms with E-state index in [9.17, 15) is 4.39 Å². The Bertz CT molecular complexity index is 408. The summed E-state index contributed by atoms with van der Waals surface area (Å²) >= 11 is 0. The fourth-order valence-corrected chi connectivity index (χ4v) is 1.48. The maximum atomic E-state index is 12.4. The van der Waals surface area contributed by atoms with Crippen LogP contribution in [0.25, 0.3) is 10.8 Å². The highest BCUT2D eigenvalue weighted by Crippen LogP contribution is 2.21. The van der Waals surface area contributed by atoms with Crippen molar-refractivity contribution in [1.82, 2.24) is 0 Å². The van der Waals surface area contributed by atoms with Gasteiger partial charge in [-0.25, -0.2) is 4.39 Å². The molecule has 0 fully saturated rings. The molecule has 0 atom stereocenters. The highest BCUT2D eigenvalue weighted by atomic mass is 19.1. The van der Waals surface area contributed by atoms with E-state index >= 15 is 0 Å². The molecule has 2 aromatic rings. The predicted octanol–water partition coefficient (Wildman–Crippen LogP) is 3.32. The normalized spacial score (nSPS) is 10.4. The molecule has 0 aliphatic heterocycles. The van der Waals surface area contributed by atoms with Crippen LogP contribution in [0.1, 0.15) is 5.56 Å². The van der Waals surface area contributed by atoms with Crippen molar-refractivity contribution in [2.45, 2.75) is 6.67 Å². The Balaban J connectivity index is 2.57. The van der Waals surface area contributed by atoms with Crippen LogP contribution in [-0.4, -0.2) is 7.11 Å². The first kappa shape index (κ1) is 9.00. The average Bonchev–Trinajstić information content (AvgIpc) is 2.27. The fraction of sp³-hybridized carbons (Fsp3) is 0.167. The molecule has 0 unspecified atom stereocenters. The van der Waals surface area contributed by atoms with Gasteiger partial charge in [0.25, 0.3) is 0 Å². The molecule has 0 amide bonds. The topological polar surface area (TPSA) is 9.23 Å². The summed E-state index contributed by atoms with van der Waals surface area (Å²) in [6, 6.07) is 11.3. The van der Waals surface area contributed by atoms with E-state index in [1.165, 1.54) is 0 Å². The molecule has 0 aliphatic carbocycles. The quantitative estimate of drug-likeness (QED) is 0.705. The average molecular weight is 190 g/mol. The Morgan fingerprint density at radius 2 is 1.79 bits per heavy atom. The molecule has 0 saturated carbocycles. The standard InChI is InChI=1S/C12H11FO/c1-14-12-5-4-10-6-9(8-13)2-3-11(10)7-12/h2-7H,8H2,1H3. The summed E-state index contributed by atoms with van der Waals surface area (Å²) in [4.78, 5) is 0. The van der Waals surface area contributed by atoms with Gasteiger partial charge in [-0.15, -0.1) is 0 Å². The maximum absolute atomic E-state index is 12.4. The Morgan fingerprint density at radius 3 is 2.50 bits per heavy atom. The molecular formula is C12H11FO. The van der Waals surface area contributed by atoms with Gasteiger partial charge < -0.3 is 4.74 Å². The van der Waals surface area contributed by atoms with E-state index in [0.717, 1.165) is 16.5 Å². The molecule has 0 spiro atoms. The van der Waals surface area contributed by atoms with Crippen molar-refractivity contribution < 1.29 is 9.13 Å². The molecule has 0 N–H and O–H groups in total. The second-order valence-electron chi connectivity index (χ2n) is 3.18. The zero-order valence-electron chi connectivity index (χ0n) is 7.96. The first-order valence-corrected chi connectivity index (χ1v) is 4.46. The number of alkyl halides is 1. The molecule has 0 bridgehead atoms. The molecule has 1 nitrogen and oxygen atoms in total. The van der Waals surface area contributed by atoms with Crippen LogP contribution in [0.15, 0.2) is 36.4 Å². The van der Waals surface area contributed by atoms with Crippen LogP contribution in [-0.2, 0) is 6.67 Å². The van der Waals surface area contributed by atoms with Crippen LogP contribution in [0.2, 0.25) is 0 Å². The molecule has 0 aliphatic rings. The maximum Gasteiger partial charge on any atom is 0.119 e. The summed E-state index contributed by atoms with van der Waals surface area (Å²) in [6.07, 6.45) is 0. The van der Waals surface area contributed by atoms with Gasteiger partial charge in [0, 0.05) is 0 Å². The van der Waals surface area contributed by atoms with Crippen LogP contribution in [0.3, 0.4) is 0 Å². The van der Waals surface area contributed by atoms with E-state index < -0.39 is 6.67 Å². The minimum Gasteiger partial charge on any atom is -0.497 e. The van der Waals surface area contributed by atoms with Crippen LogP contribution in [0, 0.1) is 0 Å². The van der Waals surface area contributed by atoms with Crippen molar-refractivity contribution in [2.24, 2.45) is 0 Å². The van der Waals surface area contributed by atoms with Crippen LogP contribution < -0.4 is 4.74 Å². The lowest BCUT2D eigenvalue weighted by atomic mass is 10.1. The van der Waals surface area contributed by atoms with E-state index in [0.29, 0.717) is 5.56 Å². The summed E-state index contributed by atoms with van der Waals surface area (Å²) < 4.78 is 17.5. The van der Waals surface area contributed by atoms with Crippen molar-refractivity contribution in [2.75, 3.05) is 7.11 Å². The molecule has 0 heterocycles. The lowest BCUT2D eigenvalue weighted by Gasteiger charge is -2.03. The van der Waals surface area contributed by atoms with E-state index in [2.05, 4.69) is 0 Å². The third-order valence-corrected chi connectivity index (χ3v) is 2.27. The van der Waals surface area contributed by atoms with Gasteiger partial charge in [0.1, 0.15) is 12.4 Å². The SMILES string of the molecule is COc1ccc2cc(CF)ccc2c1. The number of halogens is 1. The van der Waals surface area contributed by atoms with Crippen molar-refractivity contribution in [3.63, 3.8) is 0 Å². The Kier molecular flexibility index (Phi) is 2.35. The van der Waals surface area contributed by atoms with Gasteiger partial charge in [-0.1, -0.05) is 18.2 Å². The molecular weight excluding hydrogens is 179 g/mol. The number of rotatable bonds is 2. The number of methoxy groups -OCH3 is 1. The molecule has 0 radical (unpaired) electrons. The summed E-state index contributed by atoms with van der Waals surface area (Å²) in [5, 5.41) is 2.11. The smallest absolute Gasteiger partial charge is 0.119 e. The van der Waals surface area contributed by atoms with Gasteiger partial charge in [-0.2, -0.15) is 0 Å². The first-order chi connectivity index (χ1) is 6.83. The van der Waals surface area contributed by atoms with Crippen molar-refractivity contribution in [3.05, 3.63) is 42.0 Å². The number of hydrogen-bond acceptors (Lipinski definition) is 1. The number of ether oxygens (including phenoxy) is 1.